The van der Waals surface area contributed by atoms with Crippen molar-refractivity contribution in [3.8, 4) is 0 Å². The van der Waals surface area contributed by atoms with Gasteiger partial charge in [0.05, 0.1) is 6.61 Å². The molecule has 0 aromatic carbocycles. The monoisotopic (exact) mass is 288 g/mol. The number of H-pyrrole nitrogens is 1. The standard InChI is InChI=1S/C11H16N2O7/c1-4-2-13(11(19)12-9(4)17)10(18)8-7(16)6(15)5(3-14)20-8/h2,5-8,10,14-16,18H,3H2,1H3,(H,12,17,19)/t5-,6-,7-,8+,10?/m1/s1. The number of ether oxygens (including phenoxy) is 1. The summed E-state index contributed by atoms with van der Waals surface area (Å²) in [7, 11) is 0. The molecule has 0 amide bonds. The van der Waals surface area contributed by atoms with Crippen molar-refractivity contribution in [1.82, 2.24) is 9.55 Å². The molecule has 0 saturated carbocycles. The quantitative estimate of drug-likeness (QED) is 0.394. The van der Waals surface area contributed by atoms with Crippen LogP contribution in [-0.2, 0) is 4.74 Å². The van der Waals surface area contributed by atoms with E-state index in [0.29, 0.717) is 0 Å². The highest BCUT2D eigenvalue weighted by Crippen LogP contribution is 2.27. The van der Waals surface area contributed by atoms with Crippen LogP contribution in [0.1, 0.15) is 11.8 Å². The third kappa shape index (κ3) is 2.41. The number of nitrogens with zero attached hydrogens (tertiary/aromatic N) is 1. The topological polar surface area (TPSA) is 145 Å². The second-order valence-corrected chi connectivity index (χ2v) is 4.70. The van der Waals surface area contributed by atoms with Crippen molar-refractivity contribution in [2.75, 3.05) is 6.61 Å². The number of aromatic nitrogens is 2. The molecule has 2 rings (SSSR count). The lowest BCUT2D eigenvalue weighted by Gasteiger charge is -2.22. The van der Waals surface area contributed by atoms with Crippen LogP contribution in [0.15, 0.2) is 15.8 Å². The van der Waals surface area contributed by atoms with Gasteiger partial charge in [-0.15, -0.1) is 0 Å². The SMILES string of the molecule is Cc1cn(C(O)[C@H]2O[C@H](CO)[C@@H](O)[C@H]2O)c(=O)[nH]c1=O. The smallest absolute Gasteiger partial charge is 0.330 e. The summed E-state index contributed by atoms with van der Waals surface area (Å²) < 4.78 is 5.91. The summed E-state index contributed by atoms with van der Waals surface area (Å²) in [6, 6.07) is 0. The van der Waals surface area contributed by atoms with Crippen LogP contribution >= 0.6 is 0 Å². The Bertz CT molecular complexity index is 595. The molecule has 1 aliphatic rings. The molecular weight excluding hydrogens is 272 g/mol. The molecule has 0 spiro atoms. The van der Waals surface area contributed by atoms with Gasteiger partial charge in [-0.1, -0.05) is 0 Å². The Morgan fingerprint density at radius 3 is 2.60 bits per heavy atom. The molecule has 0 radical (unpaired) electrons. The van der Waals surface area contributed by atoms with Crippen LogP contribution in [-0.4, -0.2) is 61.0 Å². The number of hydrogen-bond acceptors (Lipinski definition) is 7. The lowest BCUT2D eigenvalue weighted by atomic mass is 10.1. The molecule has 1 aliphatic heterocycles. The van der Waals surface area contributed by atoms with Gasteiger partial charge in [-0.05, 0) is 6.92 Å². The first-order valence-electron chi connectivity index (χ1n) is 5.99. The van der Waals surface area contributed by atoms with Crippen molar-refractivity contribution in [3.63, 3.8) is 0 Å². The van der Waals surface area contributed by atoms with Crippen LogP contribution in [0.4, 0.5) is 0 Å². The van der Waals surface area contributed by atoms with Gasteiger partial charge in [0.1, 0.15) is 24.4 Å². The zero-order valence-electron chi connectivity index (χ0n) is 10.6. The number of aryl methyl sites for hydroxylation is 1. The lowest BCUT2D eigenvalue weighted by molar-refractivity contribution is -0.104. The second kappa shape index (κ2) is 5.46. The summed E-state index contributed by atoms with van der Waals surface area (Å²) in [5.74, 6) is 0. The fourth-order valence-electron chi connectivity index (χ4n) is 2.12. The van der Waals surface area contributed by atoms with Crippen LogP contribution in [0.5, 0.6) is 0 Å². The van der Waals surface area contributed by atoms with Gasteiger partial charge in [0, 0.05) is 11.8 Å². The number of aliphatic hydroxyl groups is 4. The third-order valence-electron chi connectivity index (χ3n) is 3.30. The van der Waals surface area contributed by atoms with E-state index in [2.05, 4.69) is 0 Å². The number of aromatic amines is 1. The van der Waals surface area contributed by atoms with Gasteiger partial charge < -0.3 is 25.2 Å². The first-order valence-corrected chi connectivity index (χ1v) is 5.99. The maximum atomic E-state index is 11.6. The molecule has 9 heteroatoms. The molecule has 2 heterocycles. The van der Waals surface area contributed by atoms with Gasteiger partial charge in [-0.2, -0.15) is 0 Å². The molecule has 0 bridgehead atoms. The van der Waals surface area contributed by atoms with Crippen LogP contribution in [0.25, 0.3) is 0 Å². The predicted molar refractivity (Wildman–Crippen MR) is 65.1 cm³/mol. The maximum absolute atomic E-state index is 11.6. The Kier molecular flexibility index (Phi) is 4.06. The average molecular weight is 288 g/mol. The van der Waals surface area contributed by atoms with Gasteiger partial charge >= 0.3 is 5.69 Å². The number of aliphatic hydroxyl groups excluding tert-OH is 4. The third-order valence-corrected chi connectivity index (χ3v) is 3.30. The van der Waals surface area contributed by atoms with E-state index < -0.39 is 48.5 Å². The molecule has 20 heavy (non-hydrogen) atoms. The molecule has 1 fully saturated rings. The minimum absolute atomic E-state index is 0.190. The molecule has 5 N–H and O–H groups in total. The number of hydrogen-bond donors (Lipinski definition) is 5. The van der Waals surface area contributed by atoms with Gasteiger partial charge in [0.25, 0.3) is 5.56 Å². The summed E-state index contributed by atoms with van der Waals surface area (Å²) in [5, 5.41) is 38.4. The van der Waals surface area contributed by atoms with Gasteiger partial charge in [0.15, 0.2) is 6.23 Å². The summed E-state index contributed by atoms with van der Waals surface area (Å²) >= 11 is 0. The highest BCUT2D eigenvalue weighted by Gasteiger charge is 2.46. The van der Waals surface area contributed by atoms with Crippen molar-refractivity contribution in [2.45, 2.75) is 37.6 Å². The highest BCUT2D eigenvalue weighted by molar-refractivity contribution is 5.03. The van der Waals surface area contributed by atoms with Crippen LogP contribution in [0.3, 0.4) is 0 Å². The Labute approximate surface area is 112 Å². The Morgan fingerprint density at radius 2 is 2.05 bits per heavy atom. The van der Waals surface area contributed by atoms with Crippen LogP contribution in [0, 0.1) is 6.92 Å². The van der Waals surface area contributed by atoms with Gasteiger partial charge in [0.2, 0.25) is 0 Å². The van der Waals surface area contributed by atoms with E-state index in [0.717, 1.165) is 10.8 Å². The van der Waals surface area contributed by atoms with Crippen molar-refractivity contribution in [1.29, 1.82) is 0 Å². The van der Waals surface area contributed by atoms with Gasteiger partial charge in [-0.3, -0.25) is 14.3 Å². The van der Waals surface area contributed by atoms with Gasteiger partial charge in [-0.25, -0.2) is 4.79 Å². The fourth-order valence-corrected chi connectivity index (χ4v) is 2.12. The number of nitrogens with one attached hydrogen (secondary N) is 1. The largest absolute Gasteiger partial charge is 0.394 e. The van der Waals surface area contributed by atoms with Crippen molar-refractivity contribution in [2.24, 2.45) is 0 Å². The molecule has 1 saturated heterocycles. The Hall–Kier alpha value is -1.52. The first-order chi connectivity index (χ1) is 9.36. The minimum Gasteiger partial charge on any atom is -0.394 e. The molecule has 1 aromatic heterocycles. The minimum atomic E-state index is -1.61. The summed E-state index contributed by atoms with van der Waals surface area (Å²) in [5.41, 5.74) is -1.26. The molecule has 1 unspecified atom stereocenters. The molecule has 1 aromatic rings. The van der Waals surface area contributed by atoms with Crippen molar-refractivity contribution in [3.05, 3.63) is 32.6 Å². The van der Waals surface area contributed by atoms with Crippen LogP contribution < -0.4 is 11.2 Å². The lowest BCUT2D eigenvalue weighted by Crippen LogP contribution is -2.42. The maximum Gasteiger partial charge on any atom is 0.330 e. The Balaban J connectivity index is 2.33. The molecule has 112 valence electrons. The van der Waals surface area contributed by atoms with Crippen LogP contribution in [0.2, 0.25) is 0 Å². The molecule has 9 nitrogen and oxygen atoms in total. The van der Waals surface area contributed by atoms with Crippen molar-refractivity contribution < 1.29 is 25.2 Å². The molecule has 5 atom stereocenters. The summed E-state index contributed by atoms with van der Waals surface area (Å²) in [6.07, 6.45) is -5.69. The van der Waals surface area contributed by atoms with E-state index in [1.165, 1.54) is 6.92 Å². The highest BCUT2D eigenvalue weighted by atomic mass is 16.6. The molecule has 0 aliphatic carbocycles. The summed E-state index contributed by atoms with van der Waals surface area (Å²) in [4.78, 5) is 24.9. The van der Waals surface area contributed by atoms with E-state index in [1.54, 1.807) is 0 Å². The van der Waals surface area contributed by atoms with E-state index in [4.69, 9.17) is 9.84 Å². The predicted octanol–water partition coefficient (Wildman–Crippen LogP) is -3.18. The van der Waals surface area contributed by atoms with E-state index >= 15 is 0 Å². The number of rotatable bonds is 3. The van der Waals surface area contributed by atoms with Crippen molar-refractivity contribution >= 4 is 0 Å². The van der Waals surface area contributed by atoms with E-state index in [-0.39, 0.29) is 5.56 Å². The summed E-state index contributed by atoms with van der Waals surface area (Å²) in [6.45, 7) is 0.903. The Morgan fingerprint density at radius 1 is 1.40 bits per heavy atom. The second-order valence-electron chi connectivity index (χ2n) is 4.70. The normalized spacial score (nSPS) is 31.4. The zero-order chi connectivity index (χ0) is 15.0. The fraction of sp³-hybridized carbons (Fsp3) is 0.636. The zero-order valence-corrected chi connectivity index (χ0v) is 10.6. The van der Waals surface area contributed by atoms with E-state index in [1.807, 2.05) is 4.98 Å². The first kappa shape index (κ1) is 14.9. The average Bonchev–Trinajstić information content (AvgIpc) is 2.69. The molecular formula is C11H16N2O7. The van der Waals surface area contributed by atoms with E-state index in [9.17, 15) is 24.9 Å².